The molecule has 1 rings (SSSR count). The molecular weight excluding hydrogens is 440 g/mol. The molecule has 6 atom stereocenters. The molecule has 0 saturated heterocycles. The van der Waals surface area contributed by atoms with Crippen molar-refractivity contribution in [2.45, 2.75) is 77.7 Å². The molecule has 0 aliphatic rings. The van der Waals surface area contributed by atoms with Crippen molar-refractivity contribution in [3.63, 3.8) is 0 Å². The molecule has 1 aromatic rings. The highest BCUT2D eigenvalue weighted by Gasteiger charge is 2.34. The Bertz CT molecular complexity index is 830. The van der Waals surface area contributed by atoms with Crippen molar-refractivity contribution in [3.05, 3.63) is 35.9 Å². The molecule has 0 radical (unpaired) electrons. The zero-order chi connectivity index (χ0) is 26.0. The van der Waals surface area contributed by atoms with E-state index in [0.717, 1.165) is 5.56 Å². The number of carboxylic acids is 1. The summed E-state index contributed by atoms with van der Waals surface area (Å²) in [4.78, 5) is 49.9. The molecule has 0 aromatic heterocycles. The van der Waals surface area contributed by atoms with Crippen LogP contribution < -0.4 is 21.7 Å². The van der Waals surface area contributed by atoms with Crippen LogP contribution in [0.15, 0.2) is 30.3 Å². The SMILES string of the molecule is CCC(C)C(NC(=O)C(NC(=O)C(N)Cc1ccccc1)C(C)O)C(=O)NC(C(=O)O)C(C)C. The van der Waals surface area contributed by atoms with E-state index in [1.807, 2.05) is 37.3 Å². The van der Waals surface area contributed by atoms with Crippen LogP contribution in [0.5, 0.6) is 0 Å². The first kappa shape index (κ1) is 29.1. The molecule has 10 nitrogen and oxygen atoms in total. The minimum absolute atomic E-state index is 0.241. The Morgan fingerprint density at radius 1 is 0.853 bits per heavy atom. The van der Waals surface area contributed by atoms with Gasteiger partial charge in [-0.1, -0.05) is 64.4 Å². The zero-order valence-corrected chi connectivity index (χ0v) is 20.4. The van der Waals surface area contributed by atoms with E-state index < -0.39 is 54.0 Å². The van der Waals surface area contributed by atoms with Gasteiger partial charge in [-0.2, -0.15) is 0 Å². The number of amides is 3. The number of hydrogen-bond donors (Lipinski definition) is 6. The van der Waals surface area contributed by atoms with Gasteiger partial charge in [-0.05, 0) is 30.7 Å². The predicted molar refractivity (Wildman–Crippen MR) is 128 cm³/mol. The van der Waals surface area contributed by atoms with Gasteiger partial charge in [0.05, 0.1) is 12.1 Å². The number of aliphatic hydroxyl groups is 1. The van der Waals surface area contributed by atoms with E-state index in [9.17, 15) is 29.4 Å². The van der Waals surface area contributed by atoms with Crippen molar-refractivity contribution >= 4 is 23.7 Å². The van der Waals surface area contributed by atoms with Gasteiger partial charge in [0.2, 0.25) is 17.7 Å². The molecule has 34 heavy (non-hydrogen) atoms. The van der Waals surface area contributed by atoms with E-state index >= 15 is 0 Å². The third-order valence-electron chi connectivity index (χ3n) is 5.72. The number of carboxylic acid groups (broad SMARTS) is 1. The average Bonchev–Trinajstić information content (AvgIpc) is 2.78. The fourth-order valence-corrected chi connectivity index (χ4v) is 3.33. The highest BCUT2D eigenvalue weighted by Crippen LogP contribution is 2.11. The topological polar surface area (TPSA) is 171 Å². The molecule has 0 bridgehead atoms. The summed E-state index contributed by atoms with van der Waals surface area (Å²) in [6.07, 6.45) is -0.508. The highest BCUT2D eigenvalue weighted by molar-refractivity contribution is 5.94. The lowest BCUT2D eigenvalue weighted by molar-refractivity contribution is -0.144. The van der Waals surface area contributed by atoms with Gasteiger partial charge >= 0.3 is 5.97 Å². The molecule has 1 aromatic carbocycles. The van der Waals surface area contributed by atoms with Crippen LogP contribution in [0.1, 0.15) is 46.6 Å². The Morgan fingerprint density at radius 3 is 1.82 bits per heavy atom. The Labute approximate surface area is 200 Å². The van der Waals surface area contributed by atoms with E-state index in [4.69, 9.17) is 5.73 Å². The summed E-state index contributed by atoms with van der Waals surface area (Å²) in [5, 5.41) is 27.0. The fourth-order valence-electron chi connectivity index (χ4n) is 3.33. The van der Waals surface area contributed by atoms with Gasteiger partial charge < -0.3 is 31.9 Å². The van der Waals surface area contributed by atoms with Crippen molar-refractivity contribution < 1.29 is 29.4 Å². The van der Waals surface area contributed by atoms with Crippen molar-refractivity contribution in [1.82, 2.24) is 16.0 Å². The predicted octanol–water partition coefficient (Wildman–Crippen LogP) is 0.178. The van der Waals surface area contributed by atoms with Gasteiger partial charge in [0, 0.05) is 0 Å². The zero-order valence-electron chi connectivity index (χ0n) is 20.4. The molecule has 0 fully saturated rings. The van der Waals surface area contributed by atoms with Crippen LogP contribution in [-0.4, -0.2) is 64.2 Å². The Hall–Kier alpha value is -2.98. The maximum atomic E-state index is 13.0. The van der Waals surface area contributed by atoms with Crippen LogP contribution in [0.2, 0.25) is 0 Å². The maximum Gasteiger partial charge on any atom is 0.326 e. The molecule has 0 spiro atoms. The number of carbonyl (C=O) groups is 4. The van der Waals surface area contributed by atoms with Crippen LogP contribution in [0, 0.1) is 11.8 Å². The number of carbonyl (C=O) groups excluding carboxylic acids is 3. The van der Waals surface area contributed by atoms with E-state index in [1.165, 1.54) is 6.92 Å². The third kappa shape index (κ3) is 8.75. The first-order valence-electron chi connectivity index (χ1n) is 11.5. The van der Waals surface area contributed by atoms with Gasteiger partial charge in [0.25, 0.3) is 0 Å². The molecule has 190 valence electrons. The number of aliphatic carboxylic acids is 1. The number of benzene rings is 1. The molecule has 6 unspecified atom stereocenters. The summed E-state index contributed by atoms with van der Waals surface area (Å²) in [5.74, 6) is -3.94. The highest BCUT2D eigenvalue weighted by atomic mass is 16.4. The standard InChI is InChI=1S/C24H38N4O6/c1-6-14(4)19(22(31)26-18(13(2)3)24(33)34)27-23(32)20(15(5)29)28-21(30)17(25)12-16-10-8-7-9-11-16/h7-11,13-15,17-20,29H,6,12,25H2,1-5H3,(H,26,31)(H,27,32)(H,28,30)(H,33,34). The minimum atomic E-state index is -1.35. The number of hydrogen-bond acceptors (Lipinski definition) is 6. The van der Waals surface area contributed by atoms with E-state index in [1.54, 1.807) is 20.8 Å². The molecule has 0 saturated carbocycles. The van der Waals surface area contributed by atoms with Gasteiger partial charge in [0.15, 0.2) is 0 Å². The Balaban J connectivity index is 2.94. The van der Waals surface area contributed by atoms with E-state index in [-0.39, 0.29) is 18.3 Å². The number of nitrogens with two attached hydrogens (primary N) is 1. The number of nitrogens with one attached hydrogen (secondary N) is 3. The second-order valence-corrected chi connectivity index (χ2v) is 8.96. The van der Waals surface area contributed by atoms with Crippen molar-refractivity contribution in [1.29, 1.82) is 0 Å². The maximum absolute atomic E-state index is 13.0. The summed E-state index contributed by atoms with van der Waals surface area (Å²) in [7, 11) is 0. The van der Waals surface area contributed by atoms with E-state index in [2.05, 4.69) is 16.0 Å². The monoisotopic (exact) mass is 478 g/mol. The summed E-state index contributed by atoms with van der Waals surface area (Å²) in [5.41, 5.74) is 6.83. The second-order valence-electron chi connectivity index (χ2n) is 8.96. The van der Waals surface area contributed by atoms with Crippen molar-refractivity contribution in [2.24, 2.45) is 17.6 Å². The molecule has 10 heteroatoms. The molecule has 3 amide bonds. The first-order valence-corrected chi connectivity index (χ1v) is 11.5. The Morgan fingerprint density at radius 2 is 1.35 bits per heavy atom. The second kappa shape index (κ2) is 13.7. The van der Waals surface area contributed by atoms with Crippen LogP contribution in [0.25, 0.3) is 0 Å². The summed E-state index contributed by atoms with van der Waals surface area (Å²) in [6.45, 7) is 8.22. The van der Waals surface area contributed by atoms with Gasteiger partial charge in [-0.25, -0.2) is 4.79 Å². The fraction of sp³-hybridized carbons (Fsp3) is 0.583. The van der Waals surface area contributed by atoms with Gasteiger partial charge in [0.1, 0.15) is 18.1 Å². The molecule has 0 heterocycles. The number of aliphatic hydroxyl groups excluding tert-OH is 1. The van der Waals surface area contributed by atoms with Crippen molar-refractivity contribution in [3.8, 4) is 0 Å². The average molecular weight is 479 g/mol. The third-order valence-corrected chi connectivity index (χ3v) is 5.72. The van der Waals surface area contributed by atoms with Crippen LogP contribution in [0.4, 0.5) is 0 Å². The Kier molecular flexibility index (Phi) is 11.7. The van der Waals surface area contributed by atoms with E-state index in [0.29, 0.717) is 6.42 Å². The number of rotatable bonds is 13. The van der Waals surface area contributed by atoms with Crippen LogP contribution in [-0.2, 0) is 25.6 Å². The molecule has 0 aliphatic carbocycles. The largest absolute Gasteiger partial charge is 0.480 e. The lowest BCUT2D eigenvalue weighted by atomic mass is 9.96. The normalized spacial score (nSPS) is 16.5. The minimum Gasteiger partial charge on any atom is -0.480 e. The van der Waals surface area contributed by atoms with Crippen LogP contribution >= 0.6 is 0 Å². The summed E-state index contributed by atoms with van der Waals surface area (Å²) >= 11 is 0. The molecule has 7 N–H and O–H groups in total. The van der Waals surface area contributed by atoms with Crippen LogP contribution in [0.3, 0.4) is 0 Å². The molecular formula is C24H38N4O6. The molecule has 0 aliphatic heterocycles. The smallest absolute Gasteiger partial charge is 0.326 e. The first-order chi connectivity index (χ1) is 15.9. The quantitative estimate of drug-likeness (QED) is 0.235. The van der Waals surface area contributed by atoms with Gasteiger partial charge in [-0.15, -0.1) is 0 Å². The van der Waals surface area contributed by atoms with Crippen molar-refractivity contribution in [2.75, 3.05) is 0 Å². The van der Waals surface area contributed by atoms with Gasteiger partial charge in [-0.3, -0.25) is 14.4 Å². The summed E-state index contributed by atoms with van der Waals surface area (Å²) in [6, 6.07) is 4.63. The lowest BCUT2D eigenvalue weighted by Gasteiger charge is -2.29. The summed E-state index contributed by atoms with van der Waals surface area (Å²) < 4.78 is 0. The lowest BCUT2D eigenvalue weighted by Crippen LogP contribution is -2.61.